The zero-order valence-electron chi connectivity index (χ0n) is 14.5. The van der Waals surface area contributed by atoms with Crippen LogP contribution in [-0.4, -0.2) is 42.5 Å². The van der Waals surface area contributed by atoms with Gasteiger partial charge in [-0.15, -0.1) is 11.8 Å². The molecule has 3 rings (SSSR count). The third-order valence-corrected chi connectivity index (χ3v) is 4.95. The quantitative estimate of drug-likeness (QED) is 0.872. The number of nitrogens with zero attached hydrogens (tertiary/aromatic N) is 1. The van der Waals surface area contributed by atoms with Crippen LogP contribution in [0.15, 0.2) is 47.4 Å². The van der Waals surface area contributed by atoms with Crippen molar-refractivity contribution in [1.82, 2.24) is 4.90 Å². The van der Waals surface area contributed by atoms with E-state index in [-0.39, 0.29) is 17.7 Å². The molecular weight excluding hydrogens is 350 g/mol. The predicted molar refractivity (Wildman–Crippen MR) is 103 cm³/mol. The minimum Gasteiger partial charge on any atom is -0.345 e. The molecule has 0 fully saturated rings. The molecule has 0 saturated heterocycles. The van der Waals surface area contributed by atoms with E-state index < -0.39 is 0 Å². The minimum atomic E-state index is -0.300. The van der Waals surface area contributed by atoms with Crippen molar-refractivity contribution in [3.63, 3.8) is 0 Å². The van der Waals surface area contributed by atoms with E-state index in [0.717, 1.165) is 10.6 Å². The minimum absolute atomic E-state index is 0.0521. The molecule has 0 saturated carbocycles. The van der Waals surface area contributed by atoms with Gasteiger partial charge in [0.15, 0.2) is 0 Å². The van der Waals surface area contributed by atoms with Crippen molar-refractivity contribution in [2.75, 3.05) is 30.5 Å². The number of benzene rings is 2. The molecule has 0 aliphatic carbocycles. The van der Waals surface area contributed by atoms with Crippen LogP contribution in [-0.2, 0) is 4.79 Å². The van der Waals surface area contributed by atoms with Crippen molar-refractivity contribution in [3.05, 3.63) is 53.6 Å². The van der Waals surface area contributed by atoms with Gasteiger partial charge in [0.05, 0.1) is 5.69 Å². The third kappa shape index (κ3) is 4.05. The molecule has 0 aromatic heterocycles. The smallest absolute Gasteiger partial charge is 0.255 e. The highest BCUT2D eigenvalue weighted by Gasteiger charge is 2.16. The maximum absolute atomic E-state index is 12.6. The Morgan fingerprint density at radius 3 is 2.69 bits per heavy atom. The van der Waals surface area contributed by atoms with E-state index in [0.29, 0.717) is 28.9 Å². The molecule has 7 heteroatoms. The summed E-state index contributed by atoms with van der Waals surface area (Å²) < 4.78 is 0. The van der Waals surface area contributed by atoms with E-state index in [2.05, 4.69) is 10.6 Å². The van der Waals surface area contributed by atoms with Gasteiger partial charge in [0.1, 0.15) is 0 Å². The van der Waals surface area contributed by atoms with Gasteiger partial charge in [-0.05, 0) is 36.4 Å². The molecule has 134 valence electrons. The summed E-state index contributed by atoms with van der Waals surface area (Å²) in [6, 6.07) is 12.0. The Morgan fingerprint density at radius 1 is 1.12 bits per heavy atom. The van der Waals surface area contributed by atoms with Gasteiger partial charge in [-0.25, -0.2) is 0 Å². The van der Waals surface area contributed by atoms with Crippen molar-refractivity contribution in [1.29, 1.82) is 0 Å². The summed E-state index contributed by atoms with van der Waals surface area (Å²) in [5.74, 6) is 0.234. The summed E-state index contributed by atoms with van der Waals surface area (Å²) >= 11 is 1.59. The fourth-order valence-electron chi connectivity index (χ4n) is 2.55. The number of amides is 3. The number of thioether (sulfide) groups is 1. The van der Waals surface area contributed by atoms with Crippen LogP contribution in [0.25, 0.3) is 0 Å². The number of rotatable bonds is 3. The summed E-state index contributed by atoms with van der Waals surface area (Å²) in [6.07, 6.45) is 0.452. The van der Waals surface area contributed by atoms with Crippen molar-refractivity contribution >= 4 is 40.9 Å². The molecule has 0 radical (unpaired) electrons. The van der Waals surface area contributed by atoms with E-state index >= 15 is 0 Å². The Kier molecular flexibility index (Phi) is 5.27. The van der Waals surface area contributed by atoms with Crippen LogP contribution in [0.4, 0.5) is 11.4 Å². The third-order valence-electron chi connectivity index (χ3n) is 3.88. The van der Waals surface area contributed by atoms with E-state index in [1.807, 2.05) is 6.07 Å². The molecule has 3 amide bonds. The lowest BCUT2D eigenvalue weighted by Gasteiger charge is -2.12. The second-order valence-electron chi connectivity index (χ2n) is 6.09. The van der Waals surface area contributed by atoms with Crippen LogP contribution in [0, 0.1) is 0 Å². The van der Waals surface area contributed by atoms with Gasteiger partial charge in [0.2, 0.25) is 5.91 Å². The van der Waals surface area contributed by atoms with E-state index in [4.69, 9.17) is 0 Å². The molecule has 0 atom stereocenters. The summed E-state index contributed by atoms with van der Waals surface area (Å²) in [6.45, 7) is 0. The lowest BCUT2D eigenvalue weighted by Crippen LogP contribution is -2.22. The number of hydrogen-bond donors (Lipinski definition) is 2. The van der Waals surface area contributed by atoms with Crippen molar-refractivity contribution in [3.8, 4) is 0 Å². The first-order valence-corrected chi connectivity index (χ1v) is 9.12. The number of nitrogens with one attached hydrogen (secondary N) is 2. The predicted octanol–water partition coefficient (Wildman–Crippen LogP) is 3.08. The number of carbonyl (C=O) groups is 3. The van der Waals surface area contributed by atoms with Crippen molar-refractivity contribution in [2.24, 2.45) is 0 Å². The maximum Gasteiger partial charge on any atom is 0.255 e. The molecule has 6 nitrogen and oxygen atoms in total. The molecule has 1 aliphatic rings. The highest BCUT2D eigenvalue weighted by Crippen LogP contribution is 2.31. The number of hydrogen-bond acceptors (Lipinski definition) is 4. The Bertz CT molecular complexity index is 880. The van der Waals surface area contributed by atoms with Crippen LogP contribution in [0.5, 0.6) is 0 Å². The normalized spacial score (nSPS) is 13.2. The highest BCUT2D eigenvalue weighted by atomic mass is 32.2. The lowest BCUT2D eigenvalue weighted by molar-refractivity contribution is -0.115. The number of fused-ring (bicyclic) bond motifs is 1. The SMILES string of the molecule is CN(C)C(=O)c1cccc(NC(=O)c2ccc3c(c2)NC(=O)CCS3)c1. The number of anilines is 2. The average Bonchev–Trinajstić information content (AvgIpc) is 2.80. The van der Waals surface area contributed by atoms with Gasteiger partial charge in [-0.1, -0.05) is 6.07 Å². The van der Waals surface area contributed by atoms with Crippen LogP contribution in [0.2, 0.25) is 0 Å². The van der Waals surface area contributed by atoms with Crippen LogP contribution in [0.1, 0.15) is 27.1 Å². The zero-order valence-corrected chi connectivity index (χ0v) is 15.4. The first kappa shape index (κ1) is 18.0. The van der Waals surface area contributed by atoms with Crippen molar-refractivity contribution < 1.29 is 14.4 Å². The fourth-order valence-corrected chi connectivity index (χ4v) is 3.49. The Morgan fingerprint density at radius 2 is 1.92 bits per heavy atom. The average molecular weight is 369 g/mol. The second kappa shape index (κ2) is 7.61. The molecule has 1 heterocycles. The molecular formula is C19H19N3O3S. The Balaban J connectivity index is 1.79. The lowest BCUT2D eigenvalue weighted by atomic mass is 10.1. The second-order valence-corrected chi connectivity index (χ2v) is 7.23. The van der Waals surface area contributed by atoms with E-state index in [9.17, 15) is 14.4 Å². The summed E-state index contributed by atoms with van der Waals surface area (Å²) in [4.78, 5) is 38.7. The topological polar surface area (TPSA) is 78.5 Å². The molecule has 26 heavy (non-hydrogen) atoms. The molecule has 0 bridgehead atoms. The fraction of sp³-hybridized carbons (Fsp3) is 0.211. The van der Waals surface area contributed by atoms with E-state index in [1.54, 1.807) is 62.3 Å². The molecule has 1 aliphatic heterocycles. The van der Waals surface area contributed by atoms with Gasteiger partial charge < -0.3 is 15.5 Å². The molecule has 0 unspecified atom stereocenters. The molecule has 2 N–H and O–H groups in total. The first-order chi connectivity index (χ1) is 12.4. The molecule has 0 spiro atoms. The Labute approximate surface area is 156 Å². The maximum atomic E-state index is 12.6. The summed E-state index contributed by atoms with van der Waals surface area (Å²) in [7, 11) is 3.35. The monoisotopic (exact) mass is 369 g/mol. The van der Waals surface area contributed by atoms with Gasteiger partial charge in [0, 0.05) is 48.0 Å². The van der Waals surface area contributed by atoms with Crippen LogP contribution < -0.4 is 10.6 Å². The van der Waals surface area contributed by atoms with Gasteiger partial charge in [-0.3, -0.25) is 14.4 Å². The van der Waals surface area contributed by atoms with Gasteiger partial charge in [-0.2, -0.15) is 0 Å². The first-order valence-electron chi connectivity index (χ1n) is 8.14. The Hall–Kier alpha value is -2.80. The highest BCUT2D eigenvalue weighted by molar-refractivity contribution is 7.99. The van der Waals surface area contributed by atoms with E-state index in [1.165, 1.54) is 4.90 Å². The van der Waals surface area contributed by atoms with Gasteiger partial charge in [0.25, 0.3) is 11.8 Å². The molecule has 2 aromatic rings. The van der Waals surface area contributed by atoms with Gasteiger partial charge >= 0.3 is 0 Å². The molecule has 2 aromatic carbocycles. The van der Waals surface area contributed by atoms with Crippen molar-refractivity contribution in [2.45, 2.75) is 11.3 Å². The largest absolute Gasteiger partial charge is 0.345 e. The standard InChI is InChI=1S/C19H19N3O3S/c1-22(2)19(25)13-4-3-5-14(10-13)20-18(24)12-6-7-16-15(11-12)21-17(23)8-9-26-16/h3-7,10-11H,8-9H2,1-2H3,(H,20,24)(H,21,23). The summed E-state index contributed by atoms with van der Waals surface area (Å²) in [5.41, 5.74) is 2.13. The number of carbonyl (C=O) groups excluding carboxylic acids is 3. The summed E-state index contributed by atoms with van der Waals surface area (Å²) in [5, 5.41) is 5.62. The van der Waals surface area contributed by atoms with Crippen LogP contribution in [0.3, 0.4) is 0 Å². The zero-order chi connectivity index (χ0) is 18.7. The van der Waals surface area contributed by atoms with Crippen LogP contribution >= 0.6 is 11.8 Å².